The first-order valence-corrected chi connectivity index (χ1v) is 9.45. The lowest BCUT2D eigenvalue weighted by Crippen LogP contribution is -2.05. The molecular formula is C23H23FN2O3. The van der Waals surface area contributed by atoms with E-state index in [1.165, 1.54) is 0 Å². The van der Waals surface area contributed by atoms with Crippen molar-refractivity contribution in [2.75, 3.05) is 0 Å². The maximum atomic E-state index is 14.0. The SMILES string of the molecule is CC#C[C@@H](CC(=O)O)c1ccc(OCc2ccc3c(F)nn(CC)c3c2C)cc1. The van der Waals surface area contributed by atoms with Crippen LogP contribution in [0.25, 0.3) is 10.9 Å². The second-order valence-corrected chi connectivity index (χ2v) is 6.75. The smallest absolute Gasteiger partial charge is 0.304 e. The number of carboxylic acids is 1. The van der Waals surface area contributed by atoms with E-state index in [1.807, 2.05) is 44.2 Å². The zero-order chi connectivity index (χ0) is 21.0. The number of hydrogen-bond donors (Lipinski definition) is 1. The number of nitrogens with zero attached hydrogens (tertiary/aromatic N) is 2. The lowest BCUT2D eigenvalue weighted by Gasteiger charge is -2.12. The van der Waals surface area contributed by atoms with Crippen LogP contribution in [0, 0.1) is 24.7 Å². The van der Waals surface area contributed by atoms with Gasteiger partial charge in [0.1, 0.15) is 12.4 Å². The van der Waals surface area contributed by atoms with Crippen LogP contribution in [0.5, 0.6) is 5.75 Å². The number of aryl methyl sites for hydroxylation is 2. The highest BCUT2D eigenvalue weighted by Crippen LogP contribution is 2.26. The van der Waals surface area contributed by atoms with Gasteiger partial charge in [0, 0.05) is 6.54 Å². The minimum Gasteiger partial charge on any atom is -0.489 e. The third kappa shape index (κ3) is 4.40. The molecule has 29 heavy (non-hydrogen) atoms. The van der Waals surface area contributed by atoms with E-state index in [2.05, 4.69) is 16.9 Å². The first-order chi connectivity index (χ1) is 13.9. The highest BCUT2D eigenvalue weighted by molar-refractivity contribution is 5.83. The van der Waals surface area contributed by atoms with Gasteiger partial charge in [-0.2, -0.15) is 4.39 Å². The van der Waals surface area contributed by atoms with Gasteiger partial charge in [0.05, 0.1) is 23.2 Å². The summed E-state index contributed by atoms with van der Waals surface area (Å²) in [4.78, 5) is 11.0. The number of benzene rings is 2. The van der Waals surface area contributed by atoms with Gasteiger partial charge >= 0.3 is 5.97 Å². The highest BCUT2D eigenvalue weighted by atomic mass is 19.1. The topological polar surface area (TPSA) is 64.3 Å². The summed E-state index contributed by atoms with van der Waals surface area (Å²) < 4.78 is 21.5. The third-order valence-corrected chi connectivity index (χ3v) is 4.91. The van der Waals surface area contributed by atoms with E-state index in [-0.39, 0.29) is 12.3 Å². The maximum absolute atomic E-state index is 14.0. The molecule has 0 saturated heterocycles. The Kier molecular flexibility index (Phi) is 6.18. The van der Waals surface area contributed by atoms with E-state index in [0.29, 0.717) is 24.3 Å². The predicted octanol–water partition coefficient (Wildman–Crippen LogP) is 4.66. The molecule has 3 aromatic rings. The fraction of sp³-hybridized carbons (Fsp3) is 0.304. The van der Waals surface area contributed by atoms with Gasteiger partial charge in [-0.25, -0.2) is 0 Å². The molecule has 0 unspecified atom stereocenters. The molecule has 0 radical (unpaired) electrons. The molecule has 1 atom stereocenters. The average Bonchev–Trinajstić information content (AvgIpc) is 3.04. The van der Waals surface area contributed by atoms with Crippen molar-refractivity contribution < 1.29 is 19.0 Å². The van der Waals surface area contributed by atoms with Gasteiger partial charge in [0.2, 0.25) is 5.95 Å². The molecule has 1 heterocycles. The summed E-state index contributed by atoms with van der Waals surface area (Å²) in [7, 11) is 0. The number of aromatic nitrogens is 2. The number of aliphatic carboxylic acids is 1. The first kappa shape index (κ1) is 20.4. The Bertz CT molecular complexity index is 1090. The number of hydrogen-bond acceptors (Lipinski definition) is 3. The highest BCUT2D eigenvalue weighted by Gasteiger charge is 2.15. The summed E-state index contributed by atoms with van der Waals surface area (Å²) >= 11 is 0. The Labute approximate surface area is 169 Å². The van der Waals surface area contributed by atoms with Gasteiger partial charge < -0.3 is 9.84 Å². The number of carboxylic acid groups (broad SMARTS) is 1. The second-order valence-electron chi connectivity index (χ2n) is 6.75. The second kappa shape index (κ2) is 8.78. The Balaban J connectivity index is 1.77. The molecule has 0 spiro atoms. The molecule has 2 aromatic carbocycles. The summed E-state index contributed by atoms with van der Waals surface area (Å²) in [6.45, 7) is 6.49. The van der Waals surface area contributed by atoms with Crippen LogP contribution in [0.15, 0.2) is 36.4 Å². The largest absolute Gasteiger partial charge is 0.489 e. The van der Waals surface area contributed by atoms with Gasteiger partial charge in [-0.15, -0.1) is 11.0 Å². The van der Waals surface area contributed by atoms with Crippen molar-refractivity contribution in [3.63, 3.8) is 0 Å². The van der Waals surface area contributed by atoms with Crippen molar-refractivity contribution in [1.82, 2.24) is 9.78 Å². The van der Waals surface area contributed by atoms with E-state index in [0.717, 1.165) is 22.2 Å². The summed E-state index contributed by atoms with van der Waals surface area (Å²) in [5.41, 5.74) is 3.53. The fourth-order valence-corrected chi connectivity index (χ4v) is 3.39. The van der Waals surface area contributed by atoms with Crippen LogP contribution in [0.4, 0.5) is 4.39 Å². The molecule has 6 heteroatoms. The van der Waals surface area contributed by atoms with Gasteiger partial charge in [-0.05, 0) is 55.7 Å². The van der Waals surface area contributed by atoms with Crippen LogP contribution in [0.3, 0.4) is 0 Å². The molecule has 0 aliphatic rings. The molecule has 0 fully saturated rings. The van der Waals surface area contributed by atoms with Crippen LogP contribution in [0.2, 0.25) is 0 Å². The van der Waals surface area contributed by atoms with E-state index in [4.69, 9.17) is 9.84 Å². The summed E-state index contributed by atoms with van der Waals surface area (Å²) in [5.74, 6) is 4.70. The van der Waals surface area contributed by atoms with Gasteiger partial charge in [-0.3, -0.25) is 9.48 Å². The van der Waals surface area contributed by atoms with Crippen LogP contribution < -0.4 is 4.74 Å². The molecular weight excluding hydrogens is 371 g/mol. The summed E-state index contributed by atoms with van der Waals surface area (Å²) in [6.07, 6.45) is -0.0398. The Morgan fingerprint density at radius 1 is 1.28 bits per heavy atom. The molecule has 150 valence electrons. The molecule has 0 amide bonds. The van der Waals surface area contributed by atoms with E-state index in [1.54, 1.807) is 17.7 Å². The van der Waals surface area contributed by atoms with Crippen molar-refractivity contribution in [1.29, 1.82) is 0 Å². The van der Waals surface area contributed by atoms with Crippen LogP contribution in [0.1, 0.15) is 42.9 Å². The quantitative estimate of drug-likeness (QED) is 0.592. The lowest BCUT2D eigenvalue weighted by atomic mass is 9.96. The number of fused-ring (bicyclic) bond motifs is 1. The number of carbonyl (C=O) groups is 1. The minimum absolute atomic E-state index is 0.0398. The number of halogens is 1. The monoisotopic (exact) mass is 394 g/mol. The van der Waals surface area contributed by atoms with E-state index >= 15 is 0 Å². The van der Waals surface area contributed by atoms with Crippen molar-refractivity contribution in [2.45, 2.75) is 46.3 Å². The zero-order valence-corrected chi connectivity index (χ0v) is 16.7. The maximum Gasteiger partial charge on any atom is 0.304 e. The lowest BCUT2D eigenvalue weighted by molar-refractivity contribution is -0.137. The summed E-state index contributed by atoms with van der Waals surface area (Å²) in [6, 6.07) is 10.9. The Morgan fingerprint density at radius 3 is 2.62 bits per heavy atom. The van der Waals surface area contributed by atoms with Gasteiger partial charge in [0.25, 0.3) is 0 Å². The molecule has 5 nitrogen and oxygen atoms in total. The molecule has 0 aliphatic carbocycles. The van der Waals surface area contributed by atoms with Crippen molar-refractivity contribution >= 4 is 16.9 Å². The van der Waals surface area contributed by atoms with Crippen LogP contribution in [-0.4, -0.2) is 20.9 Å². The fourth-order valence-electron chi connectivity index (χ4n) is 3.39. The van der Waals surface area contributed by atoms with Gasteiger partial charge in [-0.1, -0.05) is 24.1 Å². The van der Waals surface area contributed by atoms with Crippen molar-refractivity contribution in [2.24, 2.45) is 0 Å². The van der Waals surface area contributed by atoms with E-state index in [9.17, 15) is 9.18 Å². The Morgan fingerprint density at radius 2 is 2.00 bits per heavy atom. The van der Waals surface area contributed by atoms with Crippen LogP contribution in [-0.2, 0) is 17.9 Å². The van der Waals surface area contributed by atoms with Crippen molar-refractivity contribution in [3.05, 3.63) is 59.0 Å². The number of rotatable bonds is 7. The van der Waals surface area contributed by atoms with Gasteiger partial charge in [0.15, 0.2) is 0 Å². The zero-order valence-electron chi connectivity index (χ0n) is 16.7. The average molecular weight is 394 g/mol. The first-order valence-electron chi connectivity index (χ1n) is 9.45. The van der Waals surface area contributed by atoms with Crippen molar-refractivity contribution in [3.8, 4) is 17.6 Å². The molecule has 0 bridgehead atoms. The summed E-state index contributed by atoms with van der Waals surface area (Å²) in [5, 5.41) is 13.5. The molecule has 1 aromatic heterocycles. The normalized spacial score (nSPS) is 11.7. The minimum atomic E-state index is -0.883. The third-order valence-electron chi connectivity index (χ3n) is 4.91. The standard InChI is InChI=1S/C23H23FN2O3/c1-4-6-17(13-21(27)28)16-7-10-19(11-8-16)29-14-18-9-12-20-22(15(18)3)26(5-2)25-23(20)24/h7-12,17H,5,13-14H2,1-3H3,(H,27,28)/t17-/m0/s1. The molecule has 0 saturated carbocycles. The molecule has 0 aliphatic heterocycles. The van der Waals surface area contributed by atoms with E-state index < -0.39 is 11.9 Å². The van der Waals surface area contributed by atoms with Crippen LogP contribution >= 0.6 is 0 Å². The predicted molar refractivity (Wildman–Crippen MR) is 109 cm³/mol. The molecule has 1 N–H and O–H groups in total. The Hall–Kier alpha value is -3.33. The number of ether oxygens (including phenoxy) is 1. The molecule has 3 rings (SSSR count).